The fourth-order valence-corrected chi connectivity index (χ4v) is 1.20. The van der Waals surface area contributed by atoms with Gasteiger partial charge in [-0.25, -0.2) is 10.2 Å². The van der Waals surface area contributed by atoms with Gasteiger partial charge in [0.2, 0.25) is 0 Å². The van der Waals surface area contributed by atoms with Crippen molar-refractivity contribution in [3.05, 3.63) is 35.9 Å². The number of benzene rings is 1. The largest absolute Gasteiger partial charge is 0.350 e. The molecule has 1 aromatic rings. The van der Waals surface area contributed by atoms with E-state index in [0.717, 1.165) is 5.56 Å². The Labute approximate surface area is 89.2 Å². The normalized spacial score (nSPS) is 11.6. The number of primary amides is 1. The van der Waals surface area contributed by atoms with E-state index in [9.17, 15) is 4.79 Å². The Bertz CT molecular complexity index is 357. The average Bonchev–Trinajstić information content (AvgIpc) is 2.18. The number of hydrogen-bond donors (Lipinski definition) is 2. The highest BCUT2D eigenvalue weighted by Gasteiger charge is 2.17. The van der Waals surface area contributed by atoms with E-state index in [2.05, 4.69) is 10.5 Å². The summed E-state index contributed by atoms with van der Waals surface area (Å²) in [5.41, 5.74) is 7.97. The lowest BCUT2D eigenvalue weighted by molar-refractivity contribution is 0.249. The van der Waals surface area contributed by atoms with E-state index in [1.165, 1.54) is 0 Å². The number of carbonyl (C=O) groups is 1. The molecule has 3 N–H and O–H groups in total. The maximum atomic E-state index is 10.4. The number of hydrazone groups is 1. The van der Waals surface area contributed by atoms with E-state index in [1.807, 2.05) is 44.2 Å². The van der Waals surface area contributed by atoms with E-state index >= 15 is 0 Å². The molecule has 2 amide bonds. The van der Waals surface area contributed by atoms with E-state index < -0.39 is 6.03 Å². The van der Waals surface area contributed by atoms with Crippen LogP contribution >= 0.6 is 0 Å². The number of nitrogens with zero attached hydrogens (tertiary/aromatic N) is 1. The van der Waals surface area contributed by atoms with Gasteiger partial charge >= 0.3 is 6.03 Å². The molecule has 0 aliphatic carbocycles. The standard InChI is InChI=1S/C11H15N3O/c1-11(2,8-13-14-10(12)15)9-6-4-3-5-7-9/h3-8H,1-2H3,(H3,12,14,15)/b13-8+. The highest BCUT2D eigenvalue weighted by atomic mass is 16.2. The predicted octanol–water partition coefficient (Wildman–Crippen LogP) is 1.62. The second kappa shape index (κ2) is 4.59. The number of rotatable bonds is 3. The molecule has 0 aliphatic heterocycles. The van der Waals surface area contributed by atoms with Crippen molar-refractivity contribution < 1.29 is 4.79 Å². The van der Waals surface area contributed by atoms with Crippen molar-refractivity contribution in [2.24, 2.45) is 10.8 Å². The van der Waals surface area contributed by atoms with Gasteiger partial charge in [0.15, 0.2) is 0 Å². The Kier molecular flexibility index (Phi) is 3.44. The molecule has 0 aromatic heterocycles. The number of urea groups is 1. The van der Waals surface area contributed by atoms with Crippen molar-refractivity contribution in [2.45, 2.75) is 19.3 Å². The van der Waals surface area contributed by atoms with E-state index in [4.69, 9.17) is 5.73 Å². The Morgan fingerprint density at radius 2 is 2.00 bits per heavy atom. The molecule has 4 nitrogen and oxygen atoms in total. The average molecular weight is 205 g/mol. The van der Waals surface area contributed by atoms with Crippen molar-refractivity contribution in [3.8, 4) is 0 Å². The molecule has 0 fully saturated rings. The molecule has 0 heterocycles. The lowest BCUT2D eigenvalue weighted by Crippen LogP contribution is -2.27. The van der Waals surface area contributed by atoms with Crippen LogP contribution in [0.25, 0.3) is 0 Å². The van der Waals surface area contributed by atoms with Gasteiger partial charge in [0.1, 0.15) is 0 Å². The molecule has 0 radical (unpaired) electrons. The van der Waals surface area contributed by atoms with E-state index in [0.29, 0.717) is 0 Å². The minimum Gasteiger partial charge on any atom is -0.350 e. The third-order valence-corrected chi connectivity index (χ3v) is 2.08. The molecule has 0 unspecified atom stereocenters. The lowest BCUT2D eigenvalue weighted by Gasteiger charge is -2.19. The molecular formula is C11H15N3O. The summed E-state index contributed by atoms with van der Waals surface area (Å²) >= 11 is 0. The van der Waals surface area contributed by atoms with Crippen molar-refractivity contribution >= 4 is 12.2 Å². The van der Waals surface area contributed by atoms with Crippen molar-refractivity contribution in [1.82, 2.24) is 5.43 Å². The van der Waals surface area contributed by atoms with Crippen LogP contribution in [-0.2, 0) is 5.41 Å². The summed E-state index contributed by atoms with van der Waals surface area (Å²) in [6.07, 6.45) is 1.66. The summed E-state index contributed by atoms with van der Waals surface area (Å²) < 4.78 is 0. The molecule has 0 saturated heterocycles. The molecule has 4 heteroatoms. The van der Waals surface area contributed by atoms with Crippen LogP contribution in [0.3, 0.4) is 0 Å². The zero-order chi connectivity index (χ0) is 11.3. The first-order valence-electron chi connectivity index (χ1n) is 4.67. The highest BCUT2D eigenvalue weighted by molar-refractivity contribution is 5.76. The second-order valence-electron chi connectivity index (χ2n) is 3.82. The van der Waals surface area contributed by atoms with Gasteiger partial charge in [-0.3, -0.25) is 0 Å². The quantitative estimate of drug-likeness (QED) is 0.571. The molecule has 0 bridgehead atoms. The van der Waals surface area contributed by atoms with Gasteiger partial charge in [-0.05, 0) is 5.56 Å². The third kappa shape index (κ3) is 3.42. The van der Waals surface area contributed by atoms with Gasteiger partial charge in [-0.15, -0.1) is 0 Å². The number of nitrogens with two attached hydrogens (primary N) is 1. The summed E-state index contributed by atoms with van der Waals surface area (Å²) in [5, 5.41) is 3.77. The SMILES string of the molecule is CC(C)(/C=N/NC(N)=O)c1ccccc1. The number of nitrogens with one attached hydrogen (secondary N) is 1. The first-order valence-corrected chi connectivity index (χ1v) is 4.67. The zero-order valence-electron chi connectivity index (χ0n) is 8.90. The smallest absolute Gasteiger partial charge is 0.332 e. The number of amides is 2. The van der Waals surface area contributed by atoms with Gasteiger partial charge in [0, 0.05) is 11.6 Å². The maximum absolute atomic E-state index is 10.4. The van der Waals surface area contributed by atoms with Gasteiger partial charge < -0.3 is 5.73 Å². The summed E-state index contributed by atoms with van der Waals surface area (Å²) in [6.45, 7) is 4.02. The van der Waals surface area contributed by atoms with Crippen molar-refractivity contribution in [1.29, 1.82) is 0 Å². The monoisotopic (exact) mass is 205 g/mol. The Morgan fingerprint density at radius 3 is 2.53 bits per heavy atom. The number of carbonyl (C=O) groups excluding carboxylic acids is 1. The van der Waals surface area contributed by atoms with E-state index in [1.54, 1.807) is 6.21 Å². The highest BCUT2D eigenvalue weighted by Crippen LogP contribution is 2.19. The van der Waals surface area contributed by atoms with Crippen LogP contribution in [0.15, 0.2) is 35.4 Å². The molecule has 80 valence electrons. The van der Waals surface area contributed by atoms with Crippen LogP contribution in [0.5, 0.6) is 0 Å². The molecule has 0 spiro atoms. The van der Waals surface area contributed by atoms with Crippen molar-refractivity contribution in [2.75, 3.05) is 0 Å². The number of hydrogen-bond acceptors (Lipinski definition) is 2. The van der Waals surface area contributed by atoms with Crippen LogP contribution in [-0.4, -0.2) is 12.2 Å². The minimum absolute atomic E-state index is 0.232. The van der Waals surface area contributed by atoms with Gasteiger partial charge in [0.05, 0.1) is 0 Å². The minimum atomic E-state index is -0.657. The van der Waals surface area contributed by atoms with Gasteiger partial charge in [0.25, 0.3) is 0 Å². The molecule has 15 heavy (non-hydrogen) atoms. The second-order valence-corrected chi connectivity index (χ2v) is 3.82. The summed E-state index contributed by atoms with van der Waals surface area (Å²) in [5.74, 6) is 0. The molecule has 1 aromatic carbocycles. The van der Waals surface area contributed by atoms with Crippen LogP contribution in [0.4, 0.5) is 4.79 Å². The van der Waals surface area contributed by atoms with Gasteiger partial charge in [-0.1, -0.05) is 44.2 Å². The Hall–Kier alpha value is -1.84. The molecule has 1 rings (SSSR count). The maximum Gasteiger partial charge on any atom is 0.332 e. The van der Waals surface area contributed by atoms with Crippen LogP contribution in [0.1, 0.15) is 19.4 Å². The predicted molar refractivity (Wildman–Crippen MR) is 60.7 cm³/mol. The van der Waals surface area contributed by atoms with Crippen molar-refractivity contribution in [3.63, 3.8) is 0 Å². The van der Waals surface area contributed by atoms with E-state index in [-0.39, 0.29) is 5.41 Å². The van der Waals surface area contributed by atoms with Crippen LogP contribution in [0.2, 0.25) is 0 Å². The zero-order valence-corrected chi connectivity index (χ0v) is 8.90. The fourth-order valence-electron chi connectivity index (χ4n) is 1.20. The fraction of sp³-hybridized carbons (Fsp3) is 0.273. The molecule has 0 saturated carbocycles. The first-order chi connectivity index (χ1) is 7.02. The summed E-state index contributed by atoms with van der Waals surface area (Å²) in [7, 11) is 0. The molecular weight excluding hydrogens is 190 g/mol. The van der Waals surface area contributed by atoms with Crippen LogP contribution in [0, 0.1) is 0 Å². The topological polar surface area (TPSA) is 67.5 Å². The molecule has 0 aliphatic rings. The summed E-state index contributed by atoms with van der Waals surface area (Å²) in [4.78, 5) is 10.4. The Balaban J connectivity index is 2.75. The van der Waals surface area contributed by atoms with Crippen LogP contribution < -0.4 is 11.2 Å². The van der Waals surface area contributed by atoms with Gasteiger partial charge in [-0.2, -0.15) is 5.10 Å². The third-order valence-electron chi connectivity index (χ3n) is 2.08. The first kappa shape index (κ1) is 11.2. The molecule has 0 atom stereocenters. The Morgan fingerprint density at radius 1 is 1.40 bits per heavy atom. The lowest BCUT2D eigenvalue weighted by atomic mass is 9.86. The summed E-state index contributed by atoms with van der Waals surface area (Å²) in [6, 6.07) is 9.25.